The lowest BCUT2D eigenvalue weighted by molar-refractivity contribution is 0.0519. The Labute approximate surface area is 141 Å². The molecule has 0 bridgehead atoms. The lowest BCUT2D eigenvalue weighted by Crippen LogP contribution is -2.13. The molecule has 3 rings (SSSR count). The van der Waals surface area contributed by atoms with Gasteiger partial charge in [-0.3, -0.25) is 9.82 Å². The Morgan fingerprint density at radius 2 is 2.17 bits per heavy atom. The molecule has 0 spiro atoms. The molecule has 0 aliphatic carbocycles. The Morgan fingerprint density at radius 1 is 1.38 bits per heavy atom. The number of rotatable bonds is 5. The van der Waals surface area contributed by atoms with Crippen molar-refractivity contribution in [1.82, 2.24) is 15.2 Å². The SMILES string of the molecule is CCOC(=O)c1cc(NS(=O)(=O)c2ccc3nc(C)sc3c2)n[nH]1. The zero-order valence-electron chi connectivity index (χ0n) is 12.9. The molecule has 0 aliphatic rings. The first-order chi connectivity index (χ1) is 11.4. The van der Waals surface area contributed by atoms with Gasteiger partial charge in [-0.05, 0) is 32.0 Å². The van der Waals surface area contributed by atoms with Crippen molar-refractivity contribution >= 4 is 43.4 Å². The second kappa shape index (κ2) is 6.21. The summed E-state index contributed by atoms with van der Waals surface area (Å²) in [6.07, 6.45) is 0. The van der Waals surface area contributed by atoms with Gasteiger partial charge in [-0.1, -0.05) is 0 Å². The number of aryl methyl sites for hydroxylation is 1. The lowest BCUT2D eigenvalue weighted by Gasteiger charge is -2.04. The van der Waals surface area contributed by atoms with E-state index in [1.54, 1.807) is 19.1 Å². The summed E-state index contributed by atoms with van der Waals surface area (Å²) in [5.41, 5.74) is 0.823. The molecular formula is C14H14N4O4S2. The number of anilines is 1. The van der Waals surface area contributed by atoms with Gasteiger partial charge in [-0.2, -0.15) is 5.10 Å². The van der Waals surface area contributed by atoms with E-state index in [1.807, 2.05) is 6.92 Å². The fourth-order valence-corrected chi connectivity index (χ4v) is 4.03. The molecular weight excluding hydrogens is 352 g/mol. The van der Waals surface area contributed by atoms with E-state index in [-0.39, 0.29) is 23.0 Å². The maximum Gasteiger partial charge on any atom is 0.356 e. The Balaban J connectivity index is 1.86. The monoisotopic (exact) mass is 366 g/mol. The van der Waals surface area contributed by atoms with Gasteiger partial charge < -0.3 is 4.74 Å². The van der Waals surface area contributed by atoms with Gasteiger partial charge in [-0.15, -0.1) is 11.3 Å². The van der Waals surface area contributed by atoms with Gasteiger partial charge in [0.25, 0.3) is 10.0 Å². The average molecular weight is 366 g/mol. The van der Waals surface area contributed by atoms with E-state index in [4.69, 9.17) is 4.74 Å². The predicted molar refractivity (Wildman–Crippen MR) is 89.7 cm³/mol. The van der Waals surface area contributed by atoms with Crippen LogP contribution in [0.3, 0.4) is 0 Å². The Morgan fingerprint density at radius 3 is 2.92 bits per heavy atom. The molecule has 2 heterocycles. The maximum atomic E-state index is 12.5. The van der Waals surface area contributed by atoms with Crippen LogP contribution in [0.2, 0.25) is 0 Å². The molecule has 10 heteroatoms. The van der Waals surface area contributed by atoms with Crippen molar-refractivity contribution in [2.24, 2.45) is 0 Å². The van der Waals surface area contributed by atoms with Crippen LogP contribution < -0.4 is 4.72 Å². The summed E-state index contributed by atoms with van der Waals surface area (Å²) in [4.78, 5) is 16.0. The molecule has 0 atom stereocenters. The Bertz CT molecular complexity index is 1010. The van der Waals surface area contributed by atoms with Gasteiger partial charge >= 0.3 is 5.97 Å². The molecule has 0 radical (unpaired) electrons. The summed E-state index contributed by atoms with van der Waals surface area (Å²) in [6, 6.07) is 5.97. The first kappa shape index (κ1) is 16.4. The third kappa shape index (κ3) is 3.24. The van der Waals surface area contributed by atoms with Crippen LogP contribution in [0.15, 0.2) is 29.2 Å². The minimum atomic E-state index is -3.83. The average Bonchev–Trinajstić information content (AvgIpc) is 3.11. The third-order valence-electron chi connectivity index (χ3n) is 3.09. The largest absolute Gasteiger partial charge is 0.461 e. The zero-order valence-corrected chi connectivity index (χ0v) is 14.5. The molecule has 2 N–H and O–H groups in total. The molecule has 0 aliphatic heterocycles. The van der Waals surface area contributed by atoms with Gasteiger partial charge in [0, 0.05) is 6.07 Å². The predicted octanol–water partition coefficient (Wildman–Crippen LogP) is 2.31. The van der Waals surface area contributed by atoms with Crippen molar-refractivity contribution in [3.05, 3.63) is 35.0 Å². The van der Waals surface area contributed by atoms with Crippen LogP contribution in [-0.4, -0.2) is 36.2 Å². The van der Waals surface area contributed by atoms with Gasteiger partial charge in [0.2, 0.25) is 0 Å². The summed E-state index contributed by atoms with van der Waals surface area (Å²) in [5.74, 6) is -0.587. The van der Waals surface area contributed by atoms with Gasteiger partial charge in [-0.25, -0.2) is 18.2 Å². The van der Waals surface area contributed by atoms with E-state index in [9.17, 15) is 13.2 Å². The number of nitrogens with zero attached hydrogens (tertiary/aromatic N) is 2. The topological polar surface area (TPSA) is 114 Å². The van der Waals surface area contributed by atoms with E-state index >= 15 is 0 Å². The number of hydrogen-bond acceptors (Lipinski definition) is 7. The van der Waals surface area contributed by atoms with E-state index < -0.39 is 16.0 Å². The molecule has 0 unspecified atom stereocenters. The number of aromatic amines is 1. The van der Waals surface area contributed by atoms with Gasteiger partial charge in [0.1, 0.15) is 5.69 Å². The van der Waals surface area contributed by atoms with Crippen LogP contribution in [0.5, 0.6) is 0 Å². The van der Waals surface area contributed by atoms with Crippen LogP contribution in [-0.2, 0) is 14.8 Å². The molecule has 1 aromatic carbocycles. The highest BCUT2D eigenvalue weighted by molar-refractivity contribution is 7.92. The minimum absolute atomic E-state index is 0.0126. The Kier molecular flexibility index (Phi) is 4.24. The number of ether oxygens (including phenoxy) is 1. The second-order valence-electron chi connectivity index (χ2n) is 4.86. The fourth-order valence-electron chi connectivity index (χ4n) is 2.07. The molecule has 126 valence electrons. The van der Waals surface area contributed by atoms with Crippen molar-refractivity contribution in [3.8, 4) is 0 Å². The molecule has 0 amide bonds. The maximum absolute atomic E-state index is 12.5. The van der Waals surface area contributed by atoms with E-state index in [2.05, 4.69) is 19.9 Å². The van der Waals surface area contributed by atoms with E-state index in [1.165, 1.54) is 23.5 Å². The van der Waals surface area contributed by atoms with Crippen LogP contribution >= 0.6 is 11.3 Å². The van der Waals surface area contributed by atoms with Crippen molar-refractivity contribution < 1.29 is 17.9 Å². The van der Waals surface area contributed by atoms with Crippen LogP contribution in [0.4, 0.5) is 5.82 Å². The number of thiazole rings is 1. The highest BCUT2D eigenvalue weighted by Gasteiger charge is 2.19. The minimum Gasteiger partial charge on any atom is -0.461 e. The number of carbonyl (C=O) groups excluding carboxylic acids is 1. The molecule has 0 saturated heterocycles. The lowest BCUT2D eigenvalue weighted by atomic mass is 10.3. The Hall–Kier alpha value is -2.46. The number of carbonyl (C=O) groups is 1. The van der Waals surface area contributed by atoms with E-state index in [0.717, 1.165) is 15.2 Å². The highest BCUT2D eigenvalue weighted by Crippen LogP contribution is 2.25. The molecule has 3 aromatic rings. The first-order valence-electron chi connectivity index (χ1n) is 7.01. The fraction of sp³-hybridized carbons (Fsp3) is 0.214. The molecule has 0 fully saturated rings. The van der Waals surface area contributed by atoms with Crippen molar-refractivity contribution in [2.45, 2.75) is 18.7 Å². The number of aromatic nitrogens is 3. The quantitative estimate of drug-likeness (QED) is 0.670. The zero-order chi connectivity index (χ0) is 17.3. The number of fused-ring (bicyclic) bond motifs is 1. The number of H-pyrrole nitrogens is 1. The second-order valence-corrected chi connectivity index (χ2v) is 7.77. The first-order valence-corrected chi connectivity index (χ1v) is 9.31. The summed E-state index contributed by atoms with van der Waals surface area (Å²) in [7, 11) is -3.83. The van der Waals surface area contributed by atoms with Gasteiger partial charge in [0.15, 0.2) is 5.82 Å². The summed E-state index contributed by atoms with van der Waals surface area (Å²) in [5, 5.41) is 7.07. The third-order valence-corrected chi connectivity index (χ3v) is 5.38. The molecule has 8 nitrogen and oxygen atoms in total. The summed E-state index contributed by atoms with van der Waals surface area (Å²) in [6.45, 7) is 3.75. The van der Waals surface area contributed by atoms with Crippen molar-refractivity contribution in [3.63, 3.8) is 0 Å². The van der Waals surface area contributed by atoms with Crippen molar-refractivity contribution in [1.29, 1.82) is 0 Å². The molecule has 2 aromatic heterocycles. The number of benzene rings is 1. The van der Waals surface area contributed by atoms with E-state index in [0.29, 0.717) is 0 Å². The number of esters is 1. The van der Waals surface area contributed by atoms with Crippen LogP contribution in [0, 0.1) is 6.92 Å². The molecule has 0 saturated carbocycles. The van der Waals surface area contributed by atoms with Crippen LogP contribution in [0.1, 0.15) is 22.4 Å². The summed E-state index contributed by atoms with van der Waals surface area (Å²) < 4.78 is 32.8. The number of nitrogens with one attached hydrogen (secondary N) is 2. The normalized spacial score (nSPS) is 11.6. The van der Waals surface area contributed by atoms with Crippen LogP contribution in [0.25, 0.3) is 10.2 Å². The highest BCUT2D eigenvalue weighted by atomic mass is 32.2. The smallest absolute Gasteiger partial charge is 0.356 e. The number of hydrogen-bond donors (Lipinski definition) is 2. The molecule has 24 heavy (non-hydrogen) atoms. The summed E-state index contributed by atoms with van der Waals surface area (Å²) >= 11 is 1.42. The van der Waals surface area contributed by atoms with Crippen molar-refractivity contribution in [2.75, 3.05) is 11.3 Å². The number of sulfonamides is 1. The standard InChI is InChI=1S/C14H14N4O4S2/c1-3-22-14(19)11-7-13(17-16-11)18-24(20,21)9-4-5-10-12(6-9)23-8(2)15-10/h4-7H,3H2,1-2H3,(H2,16,17,18). The van der Waals surface area contributed by atoms with Gasteiger partial charge in [0.05, 0.1) is 26.7 Å².